The van der Waals surface area contributed by atoms with Crippen LogP contribution >= 0.6 is 11.3 Å². The molecule has 24 heavy (non-hydrogen) atoms. The molecule has 0 spiro atoms. The van der Waals surface area contributed by atoms with Crippen molar-refractivity contribution in [2.75, 3.05) is 0 Å². The molecule has 4 aromatic rings. The monoisotopic (exact) mass is 338 g/mol. The van der Waals surface area contributed by atoms with Crippen LogP contribution in [0.5, 0.6) is 0 Å². The predicted molar refractivity (Wildman–Crippen MR) is 92.5 cm³/mol. The van der Waals surface area contributed by atoms with E-state index in [2.05, 4.69) is 4.98 Å². The van der Waals surface area contributed by atoms with Crippen molar-refractivity contribution < 1.29 is 8.83 Å². The summed E-state index contributed by atoms with van der Waals surface area (Å²) < 4.78 is 11.4. The van der Waals surface area contributed by atoms with E-state index in [1.807, 2.05) is 12.1 Å². The molecular formula is C18H14N2O3S. The number of furan rings is 1. The Bertz CT molecular complexity index is 1140. The molecule has 0 saturated carbocycles. The van der Waals surface area contributed by atoms with Crippen molar-refractivity contribution >= 4 is 31.8 Å². The molecule has 0 atom stereocenters. The van der Waals surface area contributed by atoms with E-state index in [1.165, 1.54) is 16.9 Å². The van der Waals surface area contributed by atoms with Gasteiger partial charge in [-0.3, -0.25) is 0 Å². The molecule has 0 amide bonds. The number of pyridine rings is 1. The quantitative estimate of drug-likeness (QED) is 0.519. The number of hydrogen-bond donors (Lipinski definition) is 0. The summed E-state index contributed by atoms with van der Waals surface area (Å²) in [6.07, 6.45) is 5.91. The summed E-state index contributed by atoms with van der Waals surface area (Å²) in [7, 11) is 0. The molecule has 4 heterocycles. The number of rotatable bonds is 1. The SMILES string of the molecule is Cc1nc2c(sc3nc4c(c(-c5ccco5)c32)CCCC4)c(=O)o1. The van der Waals surface area contributed by atoms with Crippen LogP contribution in [0, 0.1) is 6.92 Å². The van der Waals surface area contributed by atoms with Crippen LogP contribution in [0.3, 0.4) is 0 Å². The fourth-order valence-corrected chi connectivity index (χ4v) is 4.59. The van der Waals surface area contributed by atoms with Gasteiger partial charge < -0.3 is 8.83 Å². The average molecular weight is 338 g/mol. The second-order valence-electron chi connectivity index (χ2n) is 6.08. The molecule has 0 fully saturated rings. The van der Waals surface area contributed by atoms with Crippen LogP contribution in [-0.2, 0) is 12.8 Å². The third kappa shape index (κ3) is 1.89. The first-order valence-electron chi connectivity index (χ1n) is 8.02. The van der Waals surface area contributed by atoms with E-state index in [4.69, 9.17) is 13.8 Å². The van der Waals surface area contributed by atoms with Crippen molar-refractivity contribution in [1.82, 2.24) is 9.97 Å². The van der Waals surface area contributed by atoms with Crippen LogP contribution < -0.4 is 5.63 Å². The number of nitrogens with zero attached hydrogens (tertiary/aromatic N) is 2. The van der Waals surface area contributed by atoms with Crippen LogP contribution in [0.1, 0.15) is 30.0 Å². The van der Waals surface area contributed by atoms with Gasteiger partial charge in [0.25, 0.3) is 0 Å². The Morgan fingerprint density at radius 3 is 2.92 bits per heavy atom. The highest BCUT2D eigenvalue weighted by Gasteiger charge is 2.25. The largest absolute Gasteiger partial charge is 0.464 e. The molecule has 0 aromatic carbocycles. The fourth-order valence-electron chi connectivity index (χ4n) is 3.57. The number of aryl methyl sites for hydroxylation is 2. The number of thiophene rings is 1. The van der Waals surface area contributed by atoms with E-state index >= 15 is 0 Å². The van der Waals surface area contributed by atoms with Crippen molar-refractivity contribution in [3.63, 3.8) is 0 Å². The maximum Gasteiger partial charge on any atom is 0.357 e. The zero-order chi connectivity index (χ0) is 16.3. The van der Waals surface area contributed by atoms with E-state index in [1.54, 1.807) is 13.2 Å². The Hall–Kier alpha value is -2.47. The van der Waals surface area contributed by atoms with Crippen LogP contribution in [0.25, 0.3) is 31.8 Å². The average Bonchev–Trinajstić information content (AvgIpc) is 3.21. The molecule has 1 aliphatic rings. The van der Waals surface area contributed by atoms with E-state index < -0.39 is 0 Å². The smallest absolute Gasteiger partial charge is 0.357 e. The fraction of sp³-hybridized carbons (Fsp3) is 0.278. The molecule has 5 nitrogen and oxygen atoms in total. The number of hydrogen-bond acceptors (Lipinski definition) is 6. The van der Waals surface area contributed by atoms with Gasteiger partial charge in [-0.05, 0) is 43.4 Å². The molecule has 0 aliphatic heterocycles. The first kappa shape index (κ1) is 13.9. The van der Waals surface area contributed by atoms with Gasteiger partial charge in [0.15, 0.2) is 5.89 Å². The Kier molecular flexibility index (Phi) is 2.91. The lowest BCUT2D eigenvalue weighted by molar-refractivity contribution is 0.468. The van der Waals surface area contributed by atoms with E-state index in [-0.39, 0.29) is 5.63 Å². The van der Waals surface area contributed by atoms with Crippen LogP contribution in [-0.4, -0.2) is 9.97 Å². The highest BCUT2D eigenvalue weighted by Crippen LogP contribution is 2.42. The summed E-state index contributed by atoms with van der Waals surface area (Å²) in [6, 6.07) is 3.85. The second-order valence-corrected chi connectivity index (χ2v) is 7.08. The lowest BCUT2D eigenvalue weighted by Gasteiger charge is -2.18. The Morgan fingerprint density at radius 1 is 1.21 bits per heavy atom. The highest BCUT2D eigenvalue weighted by atomic mass is 32.1. The topological polar surface area (TPSA) is 69.1 Å². The van der Waals surface area contributed by atoms with Crippen molar-refractivity contribution in [3.8, 4) is 11.3 Å². The normalized spacial score (nSPS) is 14.4. The molecule has 0 N–H and O–H groups in total. The van der Waals surface area contributed by atoms with Gasteiger partial charge in [0, 0.05) is 23.6 Å². The summed E-state index contributed by atoms with van der Waals surface area (Å²) in [6.45, 7) is 1.70. The minimum Gasteiger partial charge on any atom is -0.464 e. The van der Waals surface area contributed by atoms with Crippen molar-refractivity contribution in [1.29, 1.82) is 0 Å². The minimum atomic E-state index is -0.344. The van der Waals surface area contributed by atoms with Crippen molar-refractivity contribution in [2.24, 2.45) is 0 Å². The molecular weight excluding hydrogens is 324 g/mol. The van der Waals surface area contributed by atoms with Gasteiger partial charge >= 0.3 is 5.63 Å². The molecule has 120 valence electrons. The summed E-state index contributed by atoms with van der Waals surface area (Å²) in [5.41, 5.74) is 3.73. The summed E-state index contributed by atoms with van der Waals surface area (Å²) in [4.78, 5) is 22.4. The first-order chi connectivity index (χ1) is 11.7. The molecule has 6 heteroatoms. The lowest BCUT2D eigenvalue weighted by Crippen LogP contribution is -2.07. The molecule has 4 aromatic heterocycles. The third-order valence-corrected chi connectivity index (χ3v) is 5.61. The van der Waals surface area contributed by atoms with Gasteiger partial charge in [0.2, 0.25) is 0 Å². The molecule has 0 saturated heterocycles. The Morgan fingerprint density at radius 2 is 2.08 bits per heavy atom. The van der Waals surface area contributed by atoms with Crippen molar-refractivity contribution in [2.45, 2.75) is 32.6 Å². The van der Waals surface area contributed by atoms with Gasteiger partial charge in [0.05, 0.1) is 6.26 Å². The maximum absolute atomic E-state index is 12.2. The van der Waals surface area contributed by atoms with Gasteiger partial charge in [-0.25, -0.2) is 14.8 Å². The molecule has 0 unspecified atom stereocenters. The maximum atomic E-state index is 12.2. The molecule has 0 bridgehead atoms. The van der Waals surface area contributed by atoms with Gasteiger partial charge in [0.1, 0.15) is 20.8 Å². The van der Waals surface area contributed by atoms with Crippen molar-refractivity contribution in [3.05, 3.63) is 46.0 Å². The Labute approximate surface area is 141 Å². The number of aromatic nitrogens is 2. The Balaban J connectivity index is 2.03. The van der Waals surface area contributed by atoms with Gasteiger partial charge in [-0.2, -0.15) is 0 Å². The van der Waals surface area contributed by atoms with Crippen LogP contribution in [0.15, 0.2) is 32.0 Å². The highest BCUT2D eigenvalue weighted by molar-refractivity contribution is 7.25. The lowest BCUT2D eigenvalue weighted by atomic mass is 9.90. The van der Waals surface area contributed by atoms with Crippen LogP contribution in [0.4, 0.5) is 0 Å². The summed E-state index contributed by atoms with van der Waals surface area (Å²) in [5, 5.41) is 0.918. The minimum absolute atomic E-state index is 0.344. The summed E-state index contributed by atoms with van der Waals surface area (Å²) in [5.74, 6) is 1.18. The molecule has 5 rings (SSSR count). The molecule has 1 aliphatic carbocycles. The van der Waals surface area contributed by atoms with Gasteiger partial charge in [-0.1, -0.05) is 0 Å². The van der Waals surface area contributed by atoms with E-state index in [9.17, 15) is 4.79 Å². The predicted octanol–water partition coefficient (Wildman–Crippen LogP) is 4.24. The van der Waals surface area contributed by atoms with E-state index in [0.717, 1.165) is 52.9 Å². The molecule has 0 radical (unpaired) electrons. The second kappa shape index (κ2) is 5.01. The summed E-state index contributed by atoms with van der Waals surface area (Å²) >= 11 is 1.36. The zero-order valence-electron chi connectivity index (χ0n) is 13.1. The number of fused-ring (bicyclic) bond motifs is 4. The standard InChI is InChI=1S/C18H14N2O3S/c1-9-19-15-14-13(12-7-4-8-22-12)10-5-2-3-6-11(10)20-17(14)24-16(15)18(21)23-9/h4,7-8H,2-3,5-6H2,1H3. The third-order valence-electron chi connectivity index (χ3n) is 4.55. The van der Waals surface area contributed by atoms with Gasteiger partial charge in [-0.15, -0.1) is 11.3 Å². The van der Waals surface area contributed by atoms with Crippen LogP contribution in [0.2, 0.25) is 0 Å². The van der Waals surface area contributed by atoms with E-state index in [0.29, 0.717) is 16.1 Å². The zero-order valence-corrected chi connectivity index (χ0v) is 13.9. The first-order valence-corrected chi connectivity index (χ1v) is 8.83.